The maximum atomic E-state index is 4.32. The molecule has 3 nitrogen and oxygen atoms in total. The number of rotatable bonds is 1. The van der Waals surface area contributed by atoms with Crippen molar-refractivity contribution in [1.82, 2.24) is 9.88 Å². The molecular formula is C9H12BrN3. The van der Waals surface area contributed by atoms with Gasteiger partial charge in [-0.3, -0.25) is 0 Å². The smallest absolute Gasteiger partial charge is 0.155 e. The van der Waals surface area contributed by atoms with Gasteiger partial charge in [-0.25, -0.2) is 9.98 Å². The van der Waals surface area contributed by atoms with Gasteiger partial charge in [-0.15, -0.1) is 0 Å². The van der Waals surface area contributed by atoms with Crippen molar-refractivity contribution in [3.8, 4) is 0 Å². The normalized spacial score (nSPS) is 11.5. The lowest BCUT2D eigenvalue weighted by molar-refractivity contribution is 0.618. The molecule has 1 heterocycles. The first-order valence-corrected chi connectivity index (χ1v) is 4.74. The van der Waals surface area contributed by atoms with E-state index in [0.29, 0.717) is 0 Å². The van der Waals surface area contributed by atoms with Crippen LogP contribution in [0.1, 0.15) is 6.92 Å². The Bertz CT molecular complexity index is 320. The molecule has 0 saturated heterocycles. The van der Waals surface area contributed by atoms with Crippen molar-refractivity contribution >= 4 is 27.6 Å². The molecule has 4 heteroatoms. The molecule has 1 rings (SSSR count). The third-order valence-corrected chi connectivity index (χ3v) is 2.07. The Morgan fingerprint density at radius 3 is 2.69 bits per heavy atom. The van der Waals surface area contributed by atoms with E-state index >= 15 is 0 Å². The lowest BCUT2D eigenvalue weighted by atomic mass is 10.5. The summed E-state index contributed by atoms with van der Waals surface area (Å²) in [4.78, 5) is 10.5. The summed E-state index contributed by atoms with van der Waals surface area (Å²) in [5.41, 5.74) is 0. The molecule has 0 aliphatic rings. The van der Waals surface area contributed by atoms with E-state index in [9.17, 15) is 0 Å². The summed E-state index contributed by atoms with van der Waals surface area (Å²) >= 11 is 3.30. The molecule has 0 aliphatic carbocycles. The Labute approximate surface area is 86.6 Å². The van der Waals surface area contributed by atoms with Crippen LogP contribution >= 0.6 is 15.9 Å². The van der Waals surface area contributed by atoms with Crippen LogP contribution in [-0.2, 0) is 0 Å². The molecule has 1 aromatic rings. The van der Waals surface area contributed by atoms with E-state index < -0.39 is 0 Å². The van der Waals surface area contributed by atoms with Crippen molar-refractivity contribution in [3.05, 3.63) is 22.8 Å². The average molecular weight is 242 g/mol. The first kappa shape index (κ1) is 10.2. The largest absolute Gasteiger partial charge is 0.366 e. The van der Waals surface area contributed by atoms with Crippen LogP contribution in [0, 0.1) is 0 Å². The van der Waals surface area contributed by atoms with Crippen LogP contribution in [0.3, 0.4) is 0 Å². The fourth-order valence-corrected chi connectivity index (χ4v) is 1.06. The zero-order chi connectivity index (χ0) is 9.84. The molecule has 1 aromatic heterocycles. The standard InChI is InChI=1S/C9H12BrN3/c1-7(13(2)3)11-9-6-4-5-8(10)12-9/h4-6H,1-3H3. The summed E-state index contributed by atoms with van der Waals surface area (Å²) in [6, 6.07) is 5.67. The molecule has 0 amide bonds. The van der Waals surface area contributed by atoms with Gasteiger partial charge in [0.05, 0.1) is 0 Å². The first-order chi connectivity index (χ1) is 6.09. The number of aliphatic imine (C=N–C) groups is 1. The number of aromatic nitrogens is 1. The molecule has 0 spiro atoms. The van der Waals surface area contributed by atoms with Crippen LogP contribution in [0.2, 0.25) is 0 Å². The van der Waals surface area contributed by atoms with Gasteiger partial charge in [-0.05, 0) is 35.0 Å². The summed E-state index contributed by atoms with van der Waals surface area (Å²) in [6.07, 6.45) is 0. The minimum absolute atomic E-state index is 0.723. The quantitative estimate of drug-likeness (QED) is 0.430. The highest BCUT2D eigenvalue weighted by Gasteiger charge is 1.95. The fourth-order valence-electron chi connectivity index (χ4n) is 0.726. The predicted molar refractivity (Wildman–Crippen MR) is 58.4 cm³/mol. The predicted octanol–water partition coefficient (Wildman–Crippen LogP) is 2.46. The van der Waals surface area contributed by atoms with Gasteiger partial charge in [0, 0.05) is 14.1 Å². The molecule has 0 aromatic carbocycles. The summed E-state index contributed by atoms with van der Waals surface area (Å²) in [7, 11) is 3.91. The van der Waals surface area contributed by atoms with Gasteiger partial charge >= 0.3 is 0 Å². The van der Waals surface area contributed by atoms with Gasteiger partial charge < -0.3 is 4.90 Å². The summed E-state index contributed by atoms with van der Waals surface area (Å²) in [5.74, 6) is 1.66. The van der Waals surface area contributed by atoms with Crippen LogP contribution in [0.4, 0.5) is 5.82 Å². The molecule has 0 bridgehead atoms. The van der Waals surface area contributed by atoms with E-state index in [4.69, 9.17) is 0 Å². The highest BCUT2D eigenvalue weighted by molar-refractivity contribution is 9.10. The minimum atomic E-state index is 0.723. The van der Waals surface area contributed by atoms with Crippen molar-refractivity contribution in [1.29, 1.82) is 0 Å². The molecule has 0 unspecified atom stereocenters. The first-order valence-electron chi connectivity index (χ1n) is 3.95. The molecule has 0 fully saturated rings. The summed E-state index contributed by atoms with van der Waals surface area (Å²) in [6.45, 7) is 1.95. The SMILES string of the molecule is CC(=Nc1cccc(Br)n1)N(C)C. The van der Waals surface area contributed by atoms with Gasteiger partial charge in [-0.1, -0.05) is 6.07 Å². The van der Waals surface area contributed by atoms with Crippen LogP contribution in [-0.4, -0.2) is 29.8 Å². The fraction of sp³-hybridized carbons (Fsp3) is 0.333. The monoisotopic (exact) mass is 241 g/mol. The van der Waals surface area contributed by atoms with Crippen molar-refractivity contribution in [3.63, 3.8) is 0 Å². The Morgan fingerprint density at radius 1 is 1.46 bits per heavy atom. The van der Waals surface area contributed by atoms with E-state index in [1.54, 1.807) is 0 Å². The second-order valence-electron chi connectivity index (χ2n) is 2.87. The second kappa shape index (κ2) is 4.37. The second-order valence-corrected chi connectivity index (χ2v) is 3.68. The average Bonchev–Trinajstić information content (AvgIpc) is 2.04. The van der Waals surface area contributed by atoms with Crippen LogP contribution in [0.15, 0.2) is 27.8 Å². The highest BCUT2D eigenvalue weighted by atomic mass is 79.9. The molecule has 0 radical (unpaired) electrons. The topological polar surface area (TPSA) is 28.5 Å². The lowest BCUT2D eigenvalue weighted by Crippen LogP contribution is -2.17. The van der Waals surface area contributed by atoms with Gasteiger partial charge in [-0.2, -0.15) is 0 Å². The van der Waals surface area contributed by atoms with Gasteiger partial charge in [0.25, 0.3) is 0 Å². The molecule has 70 valence electrons. The maximum Gasteiger partial charge on any atom is 0.155 e. The molecule has 0 aliphatic heterocycles. The molecule has 0 atom stereocenters. The molecule has 13 heavy (non-hydrogen) atoms. The van der Waals surface area contributed by atoms with Crippen molar-refractivity contribution in [2.24, 2.45) is 4.99 Å². The molecular weight excluding hydrogens is 230 g/mol. The summed E-state index contributed by atoms with van der Waals surface area (Å²) in [5, 5.41) is 0. The number of halogens is 1. The van der Waals surface area contributed by atoms with Gasteiger partial charge in [0.2, 0.25) is 0 Å². The van der Waals surface area contributed by atoms with E-state index in [1.807, 2.05) is 44.1 Å². The molecule has 0 N–H and O–H groups in total. The molecule has 0 saturated carbocycles. The third-order valence-electron chi connectivity index (χ3n) is 1.62. The maximum absolute atomic E-state index is 4.32. The number of hydrogen-bond donors (Lipinski definition) is 0. The van der Waals surface area contributed by atoms with E-state index in [2.05, 4.69) is 25.9 Å². The van der Waals surface area contributed by atoms with Gasteiger partial charge in [0.1, 0.15) is 10.4 Å². The zero-order valence-corrected chi connectivity index (χ0v) is 9.54. The number of pyridine rings is 1. The highest BCUT2D eigenvalue weighted by Crippen LogP contribution is 2.13. The van der Waals surface area contributed by atoms with Crippen LogP contribution in [0.5, 0.6) is 0 Å². The Balaban J connectivity index is 2.91. The Hall–Kier alpha value is -0.900. The van der Waals surface area contributed by atoms with Crippen molar-refractivity contribution < 1.29 is 0 Å². The minimum Gasteiger partial charge on any atom is -0.366 e. The van der Waals surface area contributed by atoms with E-state index in [-0.39, 0.29) is 0 Å². The number of nitrogens with zero attached hydrogens (tertiary/aromatic N) is 3. The summed E-state index contributed by atoms with van der Waals surface area (Å²) < 4.78 is 0.806. The van der Waals surface area contributed by atoms with Crippen molar-refractivity contribution in [2.45, 2.75) is 6.92 Å². The van der Waals surface area contributed by atoms with Crippen molar-refractivity contribution in [2.75, 3.05) is 14.1 Å². The van der Waals surface area contributed by atoms with Crippen LogP contribution < -0.4 is 0 Å². The Morgan fingerprint density at radius 2 is 2.15 bits per heavy atom. The lowest BCUT2D eigenvalue weighted by Gasteiger charge is -2.10. The van der Waals surface area contributed by atoms with E-state index in [0.717, 1.165) is 16.3 Å². The van der Waals surface area contributed by atoms with Gasteiger partial charge in [0.15, 0.2) is 5.82 Å². The Kier molecular flexibility index (Phi) is 3.42. The van der Waals surface area contributed by atoms with Crippen LogP contribution in [0.25, 0.3) is 0 Å². The third kappa shape index (κ3) is 3.14. The zero-order valence-electron chi connectivity index (χ0n) is 7.95. The number of amidine groups is 1. The van der Waals surface area contributed by atoms with E-state index in [1.165, 1.54) is 0 Å². The number of hydrogen-bond acceptors (Lipinski definition) is 2.